The highest BCUT2D eigenvalue weighted by atomic mass is 35.5. The molecule has 1 aromatic carbocycles. The van der Waals surface area contributed by atoms with Gasteiger partial charge in [0.15, 0.2) is 0 Å². The van der Waals surface area contributed by atoms with Gasteiger partial charge in [-0.15, -0.1) is 11.6 Å². The lowest BCUT2D eigenvalue weighted by atomic mass is 9.99. The summed E-state index contributed by atoms with van der Waals surface area (Å²) in [5.74, 6) is 0.566. The smallest absolute Gasteiger partial charge is 0.242 e. The monoisotopic (exact) mass is 314 g/mol. The van der Waals surface area contributed by atoms with Gasteiger partial charge in [0.2, 0.25) is 5.91 Å². The first-order chi connectivity index (χ1) is 9.47. The summed E-state index contributed by atoms with van der Waals surface area (Å²) in [6.07, 6.45) is 2.39. The number of benzene rings is 1. The number of hydrogen-bond donors (Lipinski definition) is 1. The van der Waals surface area contributed by atoms with E-state index >= 15 is 0 Å². The SMILES string of the molecule is CC1CCN(c2ccc(NC(=O)C(C)Cl)cc2Cl)CC1. The molecule has 1 unspecified atom stereocenters. The highest BCUT2D eigenvalue weighted by molar-refractivity contribution is 6.34. The molecule has 0 saturated carbocycles. The zero-order valence-electron chi connectivity index (χ0n) is 11.8. The maximum absolute atomic E-state index is 11.5. The van der Waals surface area contributed by atoms with E-state index in [0.717, 1.165) is 24.7 Å². The van der Waals surface area contributed by atoms with E-state index in [2.05, 4.69) is 17.1 Å². The van der Waals surface area contributed by atoms with E-state index in [9.17, 15) is 4.79 Å². The molecule has 110 valence electrons. The predicted molar refractivity (Wildman–Crippen MR) is 86.0 cm³/mol. The molecule has 2 rings (SSSR count). The van der Waals surface area contributed by atoms with E-state index in [1.54, 1.807) is 13.0 Å². The number of halogens is 2. The van der Waals surface area contributed by atoms with Gasteiger partial charge in [-0.05, 0) is 43.9 Å². The van der Waals surface area contributed by atoms with Crippen molar-refractivity contribution in [2.24, 2.45) is 5.92 Å². The van der Waals surface area contributed by atoms with Gasteiger partial charge in [-0.25, -0.2) is 0 Å². The van der Waals surface area contributed by atoms with Gasteiger partial charge in [0, 0.05) is 18.8 Å². The molecule has 0 aliphatic carbocycles. The molecule has 1 atom stereocenters. The Kier molecular flexibility index (Phi) is 5.17. The molecule has 5 heteroatoms. The third-order valence-corrected chi connectivity index (χ3v) is 4.20. The van der Waals surface area contributed by atoms with Crippen LogP contribution in [0, 0.1) is 5.92 Å². The van der Waals surface area contributed by atoms with E-state index in [1.807, 2.05) is 12.1 Å². The normalized spacial score (nSPS) is 17.9. The van der Waals surface area contributed by atoms with E-state index in [-0.39, 0.29) is 5.91 Å². The van der Waals surface area contributed by atoms with Crippen LogP contribution in [-0.2, 0) is 4.79 Å². The molecule has 3 nitrogen and oxygen atoms in total. The summed E-state index contributed by atoms with van der Waals surface area (Å²) in [6, 6.07) is 5.62. The molecule has 20 heavy (non-hydrogen) atoms. The number of piperidine rings is 1. The fourth-order valence-corrected chi connectivity index (χ4v) is 2.69. The van der Waals surface area contributed by atoms with Crippen LogP contribution in [0.2, 0.25) is 5.02 Å². The van der Waals surface area contributed by atoms with E-state index in [4.69, 9.17) is 23.2 Å². The van der Waals surface area contributed by atoms with Gasteiger partial charge in [0.25, 0.3) is 0 Å². The zero-order chi connectivity index (χ0) is 14.7. The summed E-state index contributed by atoms with van der Waals surface area (Å²) in [5.41, 5.74) is 1.72. The summed E-state index contributed by atoms with van der Waals surface area (Å²) in [4.78, 5) is 13.9. The third-order valence-electron chi connectivity index (χ3n) is 3.70. The Labute approximate surface area is 130 Å². The van der Waals surface area contributed by atoms with Crippen LogP contribution in [0.3, 0.4) is 0 Å². The zero-order valence-corrected chi connectivity index (χ0v) is 13.3. The van der Waals surface area contributed by atoms with Crippen LogP contribution in [-0.4, -0.2) is 24.4 Å². The van der Waals surface area contributed by atoms with Crippen molar-refractivity contribution in [1.29, 1.82) is 0 Å². The Bertz CT molecular complexity index is 483. The average molecular weight is 315 g/mol. The molecule has 1 aliphatic rings. The summed E-state index contributed by atoms with van der Waals surface area (Å²) >= 11 is 12.1. The highest BCUT2D eigenvalue weighted by Gasteiger charge is 2.18. The van der Waals surface area contributed by atoms with Crippen molar-refractivity contribution >= 4 is 40.5 Å². The van der Waals surface area contributed by atoms with Crippen LogP contribution >= 0.6 is 23.2 Å². The first kappa shape index (κ1) is 15.5. The van der Waals surface area contributed by atoms with Crippen LogP contribution in [0.25, 0.3) is 0 Å². The number of nitrogens with one attached hydrogen (secondary N) is 1. The van der Waals surface area contributed by atoms with Crippen molar-refractivity contribution in [3.63, 3.8) is 0 Å². The second-order valence-corrected chi connectivity index (χ2v) is 6.50. The van der Waals surface area contributed by atoms with Gasteiger partial charge in [0.05, 0.1) is 10.7 Å². The molecule has 1 fully saturated rings. The largest absolute Gasteiger partial charge is 0.370 e. The molecule has 0 bridgehead atoms. The standard InChI is InChI=1S/C15H20Cl2N2O/c1-10-5-7-19(8-6-10)14-4-3-12(9-13(14)17)18-15(20)11(2)16/h3-4,9-11H,5-8H2,1-2H3,(H,18,20). The van der Waals surface area contributed by atoms with E-state index in [0.29, 0.717) is 10.7 Å². The van der Waals surface area contributed by atoms with Crippen molar-refractivity contribution in [2.75, 3.05) is 23.3 Å². The maximum atomic E-state index is 11.5. The lowest BCUT2D eigenvalue weighted by Crippen LogP contribution is -2.32. The molecular formula is C15H20Cl2N2O. The molecule has 1 heterocycles. The molecule has 0 radical (unpaired) electrons. The maximum Gasteiger partial charge on any atom is 0.242 e. The average Bonchev–Trinajstić information content (AvgIpc) is 2.40. The van der Waals surface area contributed by atoms with Crippen molar-refractivity contribution in [1.82, 2.24) is 0 Å². The molecule has 1 aliphatic heterocycles. The number of alkyl halides is 1. The molecule has 1 amide bonds. The summed E-state index contributed by atoms with van der Waals surface area (Å²) in [5, 5.41) is 2.85. The number of amides is 1. The van der Waals surface area contributed by atoms with Crippen LogP contribution in [0.15, 0.2) is 18.2 Å². The Morgan fingerprint density at radius 1 is 1.40 bits per heavy atom. The fourth-order valence-electron chi connectivity index (χ4n) is 2.33. The van der Waals surface area contributed by atoms with Crippen molar-refractivity contribution in [3.05, 3.63) is 23.2 Å². The predicted octanol–water partition coefficient (Wildman–Crippen LogP) is 4.14. The van der Waals surface area contributed by atoms with Gasteiger partial charge in [-0.2, -0.15) is 0 Å². The Morgan fingerprint density at radius 3 is 2.60 bits per heavy atom. The van der Waals surface area contributed by atoms with Gasteiger partial charge in [0.1, 0.15) is 5.38 Å². The Balaban J connectivity index is 2.08. The number of hydrogen-bond acceptors (Lipinski definition) is 2. The minimum Gasteiger partial charge on any atom is -0.370 e. The lowest BCUT2D eigenvalue weighted by molar-refractivity contribution is -0.115. The Morgan fingerprint density at radius 2 is 2.05 bits per heavy atom. The number of nitrogens with zero attached hydrogens (tertiary/aromatic N) is 1. The van der Waals surface area contributed by atoms with Crippen molar-refractivity contribution in [3.8, 4) is 0 Å². The van der Waals surface area contributed by atoms with Crippen LogP contribution < -0.4 is 10.2 Å². The third kappa shape index (κ3) is 3.80. The second kappa shape index (κ2) is 6.68. The van der Waals surface area contributed by atoms with Crippen LogP contribution in [0.1, 0.15) is 26.7 Å². The number of anilines is 2. The Hall–Kier alpha value is -0.930. The van der Waals surface area contributed by atoms with Gasteiger partial charge in [-0.1, -0.05) is 18.5 Å². The molecule has 1 N–H and O–H groups in total. The quantitative estimate of drug-likeness (QED) is 0.850. The molecule has 1 saturated heterocycles. The van der Waals surface area contributed by atoms with E-state index < -0.39 is 5.38 Å². The summed E-state index contributed by atoms with van der Waals surface area (Å²) in [6.45, 7) is 5.99. The molecule has 0 spiro atoms. The first-order valence-electron chi connectivity index (χ1n) is 6.97. The highest BCUT2D eigenvalue weighted by Crippen LogP contribution is 2.31. The fraction of sp³-hybridized carbons (Fsp3) is 0.533. The van der Waals surface area contributed by atoms with Crippen molar-refractivity contribution in [2.45, 2.75) is 32.1 Å². The van der Waals surface area contributed by atoms with Gasteiger partial charge >= 0.3 is 0 Å². The minimum absolute atomic E-state index is 0.220. The number of carbonyl (C=O) groups is 1. The first-order valence-corrected chi connectivity index (χ1v) is 7.78. The van der Waals surface area contributed by atoms with Crippen LogP contribution in [0.5, 0.6) is 0 Å². The second-order valence-electron chi connectivity index (χ2n) is 5.44. The molecule has 1 aromatic rings. The molecular weight excluding hydrogens is 295 g/mol. The van der Waals surface area contributed by atoms with Gasteiger partial charge < -0.3 is 10.2 Å². The lowest BCUT2D eigenvalue weighted by Gasteiger charge is -2.32. The number of rotatable bonds is 3. The topological polar surface area (TPSA) is 32.3 Å². The summed E-state index contributed by atoms with van der Waals surface area (Å²) in [7, 11) is 0. The van der Waals surface area contributed by atoms with E-state index in [1.165, 1.54) is 12.8 Å². The van der Waals surface area contributed by atoms with Crippen LogP contribution in [0.4, 0.5) is 11.4 Å². The number of carbonyl (C=O) groups excluding carboxylic acids is 1. The minimum atomic E-state index is -0.558. The summed E-state index contributed by atoms with van der Waals surface area (Å²) < 4.78 is 0. The molecule has 0 aromatic heterocycles. The van der Waals surface area contributed by atoms with Crippen molar-refractivity contribution < 1.29 is 4.79 Å². The van der Waals surface area contributed by atoms with Gasteiger partial charge in [-0.3, -0.25) is 4.79 Å².